The van der Waals surface area contributed by atoms with Crippen molar-refractivity contribution >= 4 is 18.3 Å². The predicted octanol–water partition coefficient (Wildman–Crippen LogP) is 1.21. The third-order valence-electron chi connectivity index (χ3n) is 2.07. The molecule has 0 saturated heterocycles. The Hall–Kier alpha value is -1.33. The number of rotatable bonds is 5. The Morgan fingerprint density at radius 3 is 2.65 bits per heavy atom. The summed E-state index contributed by atoms with van der Waals surface area (Å²) in [4.78, 5) is 11.5. The van der Waals surface area contributed by atoms with Gasteiger partial charge in [-0.2, -0.15) is 0 Å². The first-order valence-electron chi connectivity index (χ1n) is 4.95. The number of hydrogen-bond donors (Lipinski definition) is 2. The molecule has 0 aromatic heterocycles. The summed E-state index contributed by atoms with van der Waals surface area (Å²) in [5.74, 6) is -0.702. The summed E-state index contributed by atoms with van der Waals surface area (Å²) < 4.78 is 18.0. The molecule has 4 nitrogen and oxygen atoms in total. The van der Waals surface area contributed by atoms with Crippen LogP contribution in [0.4, 0.5) is 4.39 Å². The van der Waals surface area contributed by atoms with E-state index in [-0.39, 0.29) is 29.6 Å². The van der Waals surface area contributed by atoms with Gasteiger partial charge >= 0.3 is 0 Å². The van der Waals surface area contributed by atoms with E-state index >= 15 is 0 Å². The molecule has 0 aliphatic heterocycles. The maximum Gasteiger partial charge on any atom is 0.251 e. The van der Waals surface area contributed by atoms with Crippen LogP contribution in [0.25, 0.3) is 0 Å². The average molecular weight is 263 g/mol. The minimum atomic E-state index is -0.538. The van der Waals surface area contributed by atoms with Gasteiger partial charge < -0.3 is 15.4 Å². The van der Waals surface area contributed by atoms with Gasteiger partial charge in [-0.15, -0.1) is 12.4 Å². The highest BCUT2D eigenvalue weighted by molar-refractivity contribution is 5.94. The predicted molar refractivity (Wildman–Crippen MR) is 66.5 cm³/mol. The molecule has 0 heterocycles. The number of likely N-dealkylation sites (N-methyl/N-ethyl adjacent to an activating group) is 1. The summed E-state index contributed by atoms with van der Waals surface area (Å²) in [5, 5.41) is 5.55. The molecule has 6 heteroatoms. The van der Waals surface area contributed by atoms with Crippen LogP contribution >= 0.6 is 12.4 Å². The van der Waals surface area contributed by atoms with Crippen LogP contribution < -0.4 is 15.4 Å². The highest BCUT2D eigenvalue weighted by atomic mass is 35.5. The number of methoxy groups -OCH3 is 1. The first kappa shape index (κ1) is 15.7. The lowest BCUT2D eigenvalue weighted by Crippen LogP contribution is -2.30. The van der Waals surface area contributed by atoms with Crippen LogP contribution in [-0.4, -0.2) is 33.2 Å². The molecule has 0 spiro atoms. The Morgan fingerprint density at radius 1 is 1.41 bits per heavy atom. The van der Waals surface area contributed by atoms with Crippen molar-refractivity contribution in [1.29, 1.82) is 0 Å². The van der Waals surface area contributed by atoms with E-state index in [9.17, 15) is 9.18 Å². The first-order valence-corrected chi connectivity index (χ1v) is 4.95. The zero-order chi connectivity index (χ0) is 12.0. The van der Waals surface area contributed by atoms with E-state index in [2.05, 4.69) is 10.6 Å². The zero-order valence-electron chi connectivity index (χ0n) is 9.75. The minimum absolute atomic E-state index is 0. The molecule has 17 heavy (non-hydrogen) atoms. The Morgan fingerprint density at radius 2 is 2.12 bits per heavy atom. The van der Waals surface area contributed by atoms with Crippen LogP contribution in [0.15, 0.2) is 18.2 Å². The van der Waals surface area contributed by atoms with Crippen molar-refractivity contribution < 1.29 is 13.9 Å². The van der Waals surface area contributed by atoms with Crippen LogP contribution in [0.3, 0.4) is 0 Å². The standard InChI is InChI=1S/C11H15FN2O2.ClH/c1-13-5-6-14-11(15)8-3-4-10(16-2)9(12)7-8;/h3-4,7,13H,5-6H2,1-2H3,(H,14,15);1H. The van der Waals surface area contributed by atoms with Crippen molar-refractivity contribution in [3.05, 3.63) is 29.6 Å². The topological polar surface area (TPSA) is 50.4 Å². The Balaban J connectivity index is 0.00000256. The van der Waals surface area contributed by atoms with E-state index in [0.717, 1.165) is 6.07 Å². The molecule has 1 rings (SSSR count). The number of carbonyl (C=O) groups excluding carboxylic acids is 1. The molecule has 96 valence electrons. The third kappa shape index (κ3) is 4.58. The van der Waals surface area contributed by atoms with Crippen molar-refractivity contribution in [2.75, 3.05) is 27.2 Å². The van der Waals surface area contributed by atoms with Gasteiger partial charge in [0.2, 0.25) is 0 Å². The van der Waals surface area contributed by atoms with Crippen LogP contribution in [0, 0.1) is 5.82 Å². The van der Waals surface area contributed by atoms with Gasteiger partial charge in [0.15, 0.2) is 11.6 Å². The molecule has 1 amide bonds. The Kier molecular flexibility index (Phi) is 7.25. The number of hydrogen-bond acceptors (Lipinski definition) is 3. The van der Waals surface area contributed by atoms with E-state index in [0.29, 0.717) is 13.1 Å². The molecule has 0 unspecified atom stereocenters. The van der Waals surface area contributed by atoms with Gasteiger partial charge in [0.25, 0.3) is 5.91 Å². The third-order valence-corrected chi connectivity index (χ3v) is 2.07. The van der Waals surface area contributed by atoms with Gasteiger partial charge in [0, 0.05) is 18.7 Å². The molecular formula is C11H16ClFN2O2. The monoisotopic (exact) mass is 262 g/mol. The molecule has 0 fully saturated rings. The first-order chi connectivity index (χ1) is 7.69. The maximum atomic E-state index is 13.3. The minimum Gasteiger partial charge on any atom is -0.494 e. The number of amides is 1. The number of carbonyl (C=O) groups is 1. The summed E-state index contributed by atoms with van der Waals surface area (Å²) >= 11 is 0. The van der Waals surface area contributed by atoms with Gasteiger partial charge in [-0.3, -0.25) is 4.79 Å². The summed E-state index contributed by atoms with van der Waals surface area (Å²) in [7, 11) is 3.17. The number of nitrogens with one attached hydrogen (secondary N) is 2. The fraction of sp³-hybridized carbons (Fsp3) is 0.364. The molecule has 0 aliphatic rings. The fourth-order valence-electron chi connectivity index (χ4n) is 1.21. The van der Waals surface area contributed by atoms with Crippen molar-refractivity contribution in [2.24, 2.45) is 0 Å². The highest BCUT2D eigenvalue weighted by Gasteiger charge is 2.09. The second-order valence-electron chi connectivity index (χ2n) is 3.21. The van der Waals surface area contributed by atoms with Gasteiger partial charge in [0.1, 0.15) is 0 Å². The van der Waals surface area contributed by atoms with E-state index in [1.807, 2.05) is 0 Å². The van der Waals surface area contributed by atoms with Crippen LogP contribution in [0.1, 0.15) is 10.4 Å². The van der Waals surface area contributed by atoms with Gasteiger partial charge in [0.05, 0.1) is 7.11 Å². The summed E-state index contributed by atoms with van der Waals surface area (Å²) in [6.45, 7) is 1.17. The zero-order valence-corrected chi connectivity index (χ0v) is 10.6. The lowest BCUT2D eigenvalue weighted by Gasteiger charge is -2.06. The summed E-state index contributed by atoms with van der Waals surface area (Å²) in [5.41, 5.74) is 0.286. The molecule has 2 N–H and O–H groups in total. The van der Waals surface area contributed by atoms with Crippen molar-refractivity contribution in [2.45, 2.75) is 0 Å². The number of ether oxygens (including phenoxy) is 1. The van der Waals surface area contributed by atoms with Gasteiger partial charge in [-0.05, 0) is 25.2 Å². The molecule has 0 bridgehead atoms. The molecule has 0 aliphatic carbocycles. The normalized spacial score (nSPS) is 9.35. The average Bonchev–Trinajstić information content (AvgIpc) is 2.29. The Labute approximate surface area is 106 Å². The van der Waals surface area contributed by atoms with E-state index in [1.165, 1.54) is 19.2 Å². The molecule has 1 aromatic rings. The van der Waals surface area contributed by atoms with Crippen molar-refractivity contribution in [3.63, 3.8) is 0 Å². The largest absolute Gasteiger partial charge is 0.494 e. The summed E-state index contributed by atoms with van der Waals surface area (Å²) in [6, 6.07) is 4.12. The van der Waals surface area contributed by atoms with E-state index in [1.54, 1.807) is 7.05 Å². The Bertz CT molecular complexity index is 374. The fourth-order valence-corrected chi connectivity index (χ4v) is 1.21. The number of benzene rings is 1. The SMILES string of the molecule is CNCCNC(=O)c1ccc(OC)c(F)c1.Cl. The maximum absolute atomic E-state index is 13.3. The second kappa shape index (κ2) is 7.86. The van der Waals surface area contributed by atoms with Crippen molar-refractivity contribution in [1.82, 2.24) is 10.6 Å². The van der Waals surface area contributed by atoms with Gasteiger partial charge in [-0.25, -0.2) is 4.39 Å². The van der Waals surface area contributed by atoms with Crippen LogP contribution in [-0.2, 0) is 0 Å². The quantitative estimate of drug-likeness (QED) is 0.784. The van der Waals surface area contributed by atoms with E-state index in [4.69, 9.17) is 4.74 Å². The lowest BCUT2D eigenvalue weighted by atomic mass is 10.2. The summed E-state index contributed by atoms with van der Waals surface area (Å²) in [6.07, 6.45) is 0. The van der Waals surface area contributed by atoms with Crippen LogP contribution in [0.2, 0.25) is 0 Å². The smallest absolute Gasteiger partial charge is 0.251 e. The van der Waals surface area contributed by atoms with E-state index < -0.39 is 5.82 Å². The molecule has 0 saturated carbocycles. The number of halogens is 2. The van der Waals surface area contributed by atoms with Crippen molar-refractivity contribution in [3.8, 4) is 5.75 Å². The molecule has 0 radical (unpaired) electrons. The molecule has 0 atom stereocenters. The molecule has 1 aromatic carbocycles. The molecular weight excluding hydrogens is 247 g/mol. The second-order valence-corrected chi connectivity index (χ2v) is 3.21. The highest BCUT2D eigenvalue weighted by Crippen LogP contribution is 2.17. The lowest BCUT2D eigenvalue weighted by molar-refractivity contribution is 0.0953. The van der Waals surface area contributed by atoms with Gasteiger partial charge in [-0.1, -0.05) is 0 Å². The van der Waals surface area contributed by atoms with Crippen LogP contribution in [0.5, 0.6) is 5.75 Å².